The van der Waals surface area contributed by atoms with Gasteiger partial charge in [-0.3, -0.25) is 4.79 Å². The number of halogens is 1. The van der Waals surface area contributed by atoms with Crippen LogP contribution in [-0.2, 0) is 22.5 Å². The molecule has 0 saturated heterocycles. The van der Waals surface area contributed by atoms with Crippen molar-refractivity contribution in [3.8, 4) is 0 Å². The van der Waals surface area contributed by atoms with Gasteiger partial charge in [0.05, 0.1) is 10.9 Å². The van der Waals surface area contributed by atoms with E-state index >= 15 is 0 Å². The van der Waals surface area contributed by atoms with Crippen molar-refractivity contribution in [1.82, 2.24) is 5.32 Å². The predicted molar refractivity (Wildman–Crippen MR) is 104 cm³/mol. The molecule has 0 bridgehead atoms. The highest BCUT2D eigenvalue weighted by Gasteiger charge is 2.34. The maximum absolute atomic E-state index is 13.0. The Morgan fingerprint density at radius 2 is 2.04 bits per heavy atom. The van der Waals surface area contributed by atoms with Crippen LogP contribution in [-0.4, -0.2) is 23.6 Å². The zero-order valence-corrected chi connectivity index (χ0v) is 16.5. The first-order chi connectivity index (χ1) is 12.2. The van der Waals surface area contributed by atoms with Gasteiger partial charge in [-0.05, 0) is 44.5 Å². The van der Waals surface area contributed by atoms with E-state index in [2.05, 4.69) is 5.32 Å². The number of amides is 2. The molecule has 2 aromatic rings. The Hall–Kier alpha value is -2.05. The van der Waals surface area contributed by atoms with E-state index in [9.17, 15) is 9.59 Å². The number of anilines is 1. The van der Waals surface area contributed by atoms with Crippen LogP contribution in [0.5, 0.6) is 0 Å². The number of carbonyl (C=O) groups excluding carboxylic acids is 2. The number of nitrogens with one attached hydrogen (secondary N) is 1. The van der Waals surface area contributed by atoms with Gasteiger partial charge in [-0.25, -0.2) is 4.79 Å². The van der Waals surface area contributed by atoms with Crippen LogP contribution in [0.25, 0.3) is 0 Å². The lowest BCUT2D eigenvalue weighted by atomic mass is 9.97. The molecule has 0 unspecified atom stereocenters. The minimum atomic E-state index is -0.657. The fourth-order valence-corrected chi connectivity index (χ4v) is 3.96. The molecule has 138 valence electrons. The summed E-state index contributed by atoms with van der Waals surface area (Å²) in [4.78, 5) is 27.8. The van der Waals surface area contributed by atoms with Gasteiger partial charge >= 0.3 is 6.09 Å². The molecule has 1 aliphatic heterocycles. The summed E-state index contributed by atoms with van der Waals surface area (Å²) < 4.78 is 5.98. The summed E-state index contributed by atoms with van der Waals surface area (Å²) in [5.74, 6) is -0.154. The molecule has 1 aliphatic rings. The molecule has 1 atom stereocenters. The summed E-state index contributed by atoms with van der Waals surface area (Å²) in [5.41, 5.74) is 1.26. The van der Waals surface area contributed by atoms with Crippen LogP contribution in [0, 0.1) is 0 Å². The molecule has 0 spiro atoms. The average Bonchev–Trinajstić information content (AvgIpc) is 2.94. The lowest BCUT2D eigenvalue weighted by molar-refractivity contribution is -0.121. The van der Waals surface area contributed by atoms with Gasteiger partial charge in [0.2, 0.25) is 5.91 Å². The van der Waals surface area contributed by atoms with E-state index in [0.717, 1.165) is 16.1 Å². The third-order valence-corrected chi connectivity index (χ3v) is 5.12. The van der Waals surface area contributed by atoms with Crippen molar-refractivity contribution >= 4 is 40.6 Å². The molecule has 26 heavy (non-hydrogen) atoms. The highest BCUT2D eigenvalue weighted by atomic mass is 35.5. The molecular formula is C19H21ClN2O3S. The average molecular weight is 393 g/mol. The van der Waals surface area contributed by atoms with Crippen LogP contribution in [0.1, 0.15) is 31.2 Å². The maximum Gasteiger partial charge on any atom is 0.408 e. The number of hydrogen-bond donors (Lipinski definition) is 1. The van der Waals surface area contributed by atoms with E-state index in [0.29, 0.717) is 17.3 Å². The van der Waals surface area contributed by atoms with E-state index in [-0.39, 0.29) is 5.91 Å². The van der Waals surface area contributed by atoms with Crippen LogP contribution in [0.4, 0.5) is 10.5 Å². The van der Waals surface area contributed by atoms with Gasteiger partial charge in [0.15, 0.2) is 0 Å². The molecule has 0 saturated carbocycles. The van der Waals surface area contributed by atoms with Gasteiger partial charge in [-0.15, -0.1) is 11.3 Å². The van der Waals surface area contributed by atoms with E-state index < -0.39 is 17.7 Å². The number of thiophene rings is 1. The van der Waals surface area contributed by atoms with Crippen LogP contribution in [0.2, 0.25) is 4.34 Å². The molecule has 3 rings (SSSR count). The summed E-state index contributed by atoms with van der Waals surface area (Å²) in [6, 6.07) is 10.8. The first-order valence-corrected chi connectivity index (χ1v) is 9.55. The van der Waals surface area contributed by atoms with E-state index in [1.54, 1.807) is 25.7 Å². The molecule has 1 N–H and O–H groups in total. The molecule has 1 aromatic heterocycles. The maximum atomic E-state index is 13.0. The Morgan fingerprint density at radius 1 is 1.31 bits per heavy atom. The van der Waals surface area contributed by atoms with E-state index in [4.69, 9.17) is 16.3 Å². The molecule has 5 nitrogen and oxygen atoms in total. The number of nitrogens with zero attached hydrogens (tertiary/aromatic N) is 1. The number of para-hydroxylation sites is 1. The molecule has 0 aliphatic carbocycles. The largest absolute Gasteiger partial charge is 0.444 e. The summed E-state index contributed by atoms with van der Waals surface area (Å²) in [6.07, 6.45) is -0.148. The lowest BCUT2D eigenvalue weighted by Gasteiger charge is -2.34. The molecular weight excluding hydrogens is 372 g/mol. The Labute approximate surface area is 161 Å². The second-order valence-electron chi connectivity index (χ2n) is 7.16. The molecule has 2 amide bonds. The van der Waals surface area contributed by atoms with Crippen molar-refractivity contribution in [2.24, 2.45) is 0 Å². The predicted octanol–water partition coefficient (Wildman–Crippen LogP) is 4.38. The summed E-state index contributed by atoms with van der Waals surface area (Å²) in [6.45, 7) is 5.78. The SMILES string of the molecule is CC(C)(C)OC(=O)N[C@H]1Cc2ccccc2N(Cc2ccc(Cl)s2)C1=O. The first kappa shape index (κ1) is 18.7. The number of alkyl carbamates (subject to hydrolysis) is 1. The highest BCUT2D eigenvalue weighted by molar-refractivity contribution is 7.16. The first-order valence-electron chi connectivity index (χ1n) is 8.36. The Morgan fingerprint density at radius 3 is 2.69 bits per heavy atom. The smallest absolute Gasteiger partial charge is 0.408 e. The standard InChI is InChI=1S/C19H21ClN2O3S/c1-19(2,3)25-18(24)21-14-10-12-6-4-5-7-15(12)22(17(14)23)11-13-8-9-16(20)26-13/h4-9,14H,10-11H2,1-3H3,(H,21,24)/t14-/m0/s1. The number of hydrogen-bond acceptors (Lipinski definition) is 4. The monoisotopic (exact) mass is 392 g/mol. The number of ether oxygens (including phenoxy) is 1. The van der Waals surface area contributed by atoms with Crippen molar-refractivity contribution in [2.75, 3.05) is 4.90 Å². The number of fused-ring (bicyclic) bond motifs is 1. The van der Waals surface area contributed by atoms with Gasteiger partial charge in [-0.2, -0.15) is 0 Å². The van der Waals surface area contributed by atoms with Crippen LogP contribution in [0.3, 0.4) is 0 Å². The van der Waals surface area contributed by atoms with Crippen molar-refractivity contribution in [2.45, 2.75) is 45.4 Å². The fraction of sp³-hybridized carbons (Fsp3) is 0.368. The highest BCUT2D eigenvalue weighted by Crippen LogP contribution is 2.31. The number of benzene rings is 1. The summed E-state index contributed by atoms with van der Waals surface area (Å²) in [7, 11) is 0. The minimum absolute atomic E-state index is 0.154. The fourth-order valence-electron chi connectivity index (χ4n) is 2.88. The van der Waals surface area contributed by atoms with Gasteiger partial charge in [-0.1, -0.05) is 29.8 Å². The summed E-state index contributed by atoms with van der Waals surface area (Å²) in [5, 5.41) is 2.71. The van der Waals surface area contributed by atoms with Gasteiger partial charge in [0, 0.05) is 17.0 Å². The second kappa shape index (κ2) is 7.29. The molecule has 7 heteroatoms. The van der Waals surface area contributed by atoms with Crippen molar-refractivity contribution in [3.05, 3.63) is 51.2 Å². The third-order valence-electron chi connectivity index (χ3n) is 3.90. The van der Waals surface area contributed by atoms with Gasteiger partial charge < -0.3 is 15.0 Å². The van der Waals surface area contributed by atoms with E-state index in [1.807, 2.05) is 36.4 Å². The Kier molecular flexibility index (Phi) is 5.25. The van der Waals surface area contributed by atoms with Crippen molar-refractivity contribution < 1.29 is 14.3 Å². The molecule has 0 fully saturated rings. The lowest BCUT2D eigenvalue weighted by Crippen LogP contribution is -2.53. The summed E-state index contributed by atoms with van der Waals surface area (Å²) >= 11 is 7.46. The topological polar surface area (TPSA) is 58.6 Å². The zero-order valence-electron chi connectivity index (χ0n) is 14.9. The third kappa shape index (κ3) is 4.37. The molecule has 2 heterocycles. The molecule has 0 radical (unpaired) electrons. The van der Waals surface area contributed by atoms with Crippen LogP contribution < -0.4 is 10.2 Å². The van der Waals surface area contributed by atoms with Crippen molar-refractivity contribution in [3.63, 3.8) is 0 Å². The second-order valence-corrected chi connectivity index (χ2v) is 8.96. The zero-order chi connectivity index (χ0) is 18.9. The number of rotatable bonds is 3. The van der Waals surface area contributed by atoms with Crippen LogP contribution >= 0.6 is 22.9 Å². The van der Waals surface area contributed by atoms with Gasteiger partial charge in [0.1, 0.15) is 11.6 Å². The van der Waals surface area contributed by atoms with E-state index in [1.165, 1.54) is 11.3 Å². The minimum Gasteiger partial charge on any atom is -0.444 e. The normalized spacial score (nSPS) is 17.0. The molecule has 1 aromatic carbocycles. The Balaban J connectivity index is 1.83. The quantitative estimate of drug-likeness (QED) is 0.842. The van der Waals surface area contributed by atoms with Crippen LogP contribution in [0.15, 0.2) is 36.4 Å². The van der Waals surface area contributed by atoms with Crippen molar-refractivity contribution in [1.29, 1.82) is 0 Å². The van der Waals surface area contributed by atoms with Gasteiger partial charge in [0.25, 0.3) is 0 Å². The Bertz CT molecular complexity index is 828. The number of carbonyl (C=O) groups is 2.